The average Bonchev–Trinajstić information content (AvgIpc) is 2.44. The predicted octanol–water partition coefficient (Wildman–Crippen LogP) is 2.71. The molecule has 0 aliphatic heterocycles. The van der Waals surface area contributed by atoms with Gasteiger partial charge in [-0.15, -0.1) is 11.8 Å². The summed E-state index contributed by atoms with van der Waals surface area (Å²) in [6.45, 7) is 4.65. The number of hydrogen-bond donors (Lipinski definition) is 1. The van der Waals surface area contributed by atoms with E-state index in [1.165, 1.54) is 11.8 Å². The summed E-state index contributed by atoms with van der Waals surface area (Å²) in [4.78, 5) is 12.8. The Morgan fingerprint density at radius 1 is 1.32 bits per heavy atom. The highest BCUT2D eigenvalue weighted by Crippen LogP contribution is 2.33. The summed E-state index contributed by atoms with van der Waals surface area (Å²) in [5.41, 5.74) is 0. The zero-order valence-electron chi connectivity index (χ0n) is 11.9. The summed E-state index contributed by atoms with van der Waals surface area (Å²) in [7, 11) is 3.20. The second kappa shape index (κ2) is 7.94. The summed E-state index contributed by atoms with van der Waals surface area (Å²) in [6, 6.07) is 5.65. The van der Waals surface area contributed by atoms with Gasteiger partial charge in [-0.2, -0.15) is 0 Å². The molecular weight excluding hydrogens is 262 g/mol. The Kier molecular flexibility index (Phi) is 6.56. The quantitative estimate of drug-likeness (QED) is 0.782. The van der Waals surface area contributed by atoms with Crippen LogP contribution in [0.1, 0.15) is 20.3 Å². The minimum atomic E-state index is -0.135. The molecule has 0 saturated heterocycles. The van der Waals surface area contributed by atoms with Gasteiger partial charge in [-0.1, -0.05) is 6.92 Å². The minimum absolute atomic E-state index is 0.0571. The number of ether oxygens (including phenoxy) is 2. The third kappa shape index (κ3) is 4.67. The van der Waals surface area contributed by atoms with Crippen molar-refractivity contribution in [1.29, 1.82) is 0 Å². The van der Waals surface area contributed by atoms with E-state index in [0.717, 1.165) is 17.9 Å². The number of carbonyl (C=O) groups excluding carboxylic acids is 1. The molecule has 1 N–H and O–H groups in total. The van der Waals surface area contributed by atoms with Crippen LogP contribution in [-0.2, 0) is 4.79 Å². The molecule has 0 radical (unpaired) electrons. The van der Waals surface area contributed by atoms with E-state index in [9.17, 15) is 4.79 Å². The van der Waals surface area contributed by atoms with E-state index < -0.39 is 0 Å². The fourth-order valence-corrected chi connectivity index (χ4v) is 2.46. The smallest absolute Gasteiger partial charge is 0.233 e. The number of rotatable bonds is 7. The number of methoxy groups -OCH3 is 2. The molecule has 0 heterocycles. The lowest BCUT2D eigenvalue weighted by Gasteiger charge is -2.13. The van der Waals surface area contributed by atoms with Crippen molar-refractivity contribution >= 4 is 17.7 Å². The summed E-state index contributed by atoms with van der Waals surface area (Å²) < 4.78 is 10.4. The Morgan fingerprint density at radius 2 is 2.00 bits per heavy atom. The van der Waals surface area contributed by atoms with Crippen molar-refractivity contribution in [3.05, 3.63) is 18.2 Å². The van der Waals surface area contributed by atoms with Crippen LogP contribution in [0.4, 0.5) is 0 Å². The van der Waals surface area contributed by atoms with Crippen molar-refractivity contribution in [2.75, 3.05) is 20.8 Å². The molecule has 0 spiro atoms. The molecule has 1 aromatic rings. The van der Waals surface area contributed by atoms with Crippen LogP contribution in [0.25, 0.3) is 0 Å². The second-order valence-electron chi connectivity index (χ2n) is 4.07. The Hall–Kier alpha value is -1.36. The van der Waals surface area contributed by atoms with E-state index in [1.54, 1.807) is 14.2 Å². The van der Waals surface area contributed by atoms with Crippen LogP contribution in [0.15, 0.2) is 23.1 Å². The summed E-state index contributed by atoms with van der Waals surface area (Å²) >= 11 is 1.50. The van der Waals surface area contributed by atoms with Crippen LogP contribution < -0.4 is 14.8 Å². The largest absolute Gasteiger partial charge is 0.493 e. The standard InChI is InChI=1S/C14H21NO3S/c1-5-8-15-14(16)10(2)19-11-6-7-12(17-3)13(9-11)18-4/h6-7,9-10H,5,8H2,1-4H3,(H,15,16)/t10-/m1/s1. The third-order valence-electron chi connectivity index (χ3n) is 2.59. The SMILES string of the molecule is CCCNC(=O)[C@@H](C)Sc1ccc(OC)c(OC)c1. The number of hydrogen-bond acceptors (Lipinski definition) is 4. The highest BCUT2D eigenvalue weighted by atomic mass is 32.2. The van der Waals surface area contributed by atoms with Gasteiger partial charge in [-0.3, -0.25) is 4.79 Å². The van der Waals surface area contributed by atoms with Crippen LogP contribution in [0.3, 0.4) is 0 Å². The summed E-state index contributed by atoms with van der Waals surface area (Å²) in [6.07, 6.45) is 0.944. The van der Waals surface area contributed by atoms with E-state index in [-0.39, 0.29) is 11.2 Å². The van der Waals surface area contributed by atoms with E-state index in [4.69, 9.17) is 9.47 Å². The molecular formula is C14H21NO3S. The van der Waals surface area contributed by atoms with Gasteiger partial charge in [0, 0.05) is 11.4 Å². The fraction of sp³-hybridized carbons (Fsp3) is 0.500. The van der Waals surface area contributed by atoms with Crippen molar-refractivity contribution < 1.29 is 14.3 Å². The lowest BCUT2D eigenvalue weighted by atomic mass is 10.3. The summed E-state index contributed by atoms with van der Waals surface area (Å²) in [5, 5.41) is 2.75. The van der Waals surface area contributed by atoms with Crippen LogP contribution >= 0.6 is 11.8 Å². The molecule has 106 valence electrons. The van der Waals surface area contributed by atoms with E-state index >= 15 is 0 Å². The molecule has 4 nitrogen and oxygen atoms in total. The maximum atomic E-state index is 11.8. The lowest BCUT2D eigenvalue weighted by molar-refractivity contribution is -0.120. The molecule has 19 heavy (non-hydrogen) atoms. The topological polar surface area (TPSA) is 47.6 Å². The summed E-state index contributed by atoms with van der Waals surface area (Å²) in [5.74, 6) is 1.42. The fourth-order valence-electron chi connectivity index (χ4n) is 1.54. The maximum absolute atomic E-state index is 11.8. The van der Waals surface area contributed by atoms with Gasteiger partial charge in [0.1, 0.15) is 0 Å². The number of nitrogens with one attached hydrogen (secondary N) is 1. The Bertz CT molecular complexity index is 423. The normalized spacial score (nSPS) is 11.8. The predicted molar refractivity (Wildman–Crippen MR) is 78.2 cm³/mol. The van der Waals surface area contributed by atoms with E-state index in [2.05, 4.69) is 5.32 Å². The lowest BCUT2D eigenvalue weighted by Crippen LogP contribution is -2.31. The number of thioether (sulfide) groups is 1. The molecule has 0 aliphatic carbocycles. The first-order valence-corrected chi connectivity index (χ1v) is 7.16. The van der Waals surface area contributed by atoms with Gasteiger partial charge >= 0.3 is 0 Å². The highest BCUT2D eigenvalue weighted by Gasteiger charge is 2.14. The second-order valence-corrected chi connectivity index (χ2v) is 5.48. The monoisotopic (exact) mass is 283 g/mol. The third-order valence-corrected chi connectivity index (χ3v) is 3.68. The Morgan fingerprint density at radius 3 is 2.58 bits per heavy atom. The van der Waals surface area contributed by atoms with Gasteiger partial charge in [0.05, 0.1) is 19.5 Å². The van der Waals surface area contributed by atoms with Gasteiger partial charge in [0.2, 0.25) is 5.91 Å². The van der Waals surface area contributed by atoms with Gasteiger partial charge < -0.3 is 14.8 Å². The van der Waals surface area contributed by atoms with Crippen LogP contribution in [0, 0.1) is 0 Å². The van der Waals surface area contributed by atoms with E-state index in [0.29, 0.717) is 11.5 Å². The first-order valence-electron chi connectivity index (χ1n) is 6.28. The van der Waals surface area contributed by atoms with Crippen molar-refractivity contribution in [2.24, 2.45) is 0 Å². The zero-order chi connectivity index (χ0) is 14.3. The van der Waals surface area contributed by atoms with Crippen molar-refractivity contribution in [3.63, 3.8) is 0 Å². The Labute approximate surface area is 118 Å². The molecule has 0 saturated carbocycles. The first-order chi connectivity index (χ1) is 9.12. The van der Waals surface area contributed by atoms with Gasteiger partial charge in [-0.25, -0.2) is 0 Å². The minimum Gasteiger partial charge on any atom is -0.493 e. The number of benzene rings is 1. The molecule has 5 heteroatoms. The molecule has 1 amide bonds. The average molecular weight is 283 g/mol. The van der Waals surface area contributed by atoms with Crippen LogP contribution in [0.2, 0.25) is 0 Å². The van der Waals surface area contributed by atoms with Crippen molar-refractivity contribution in [2.45, 2.75) is 30.4 Å². The van der Waals surface area contributed by atoms with Crippen molar-refractivity contribution in [1.82, 2.24) is 5.32 Å². The van der Waals surface area contributed by atoms with E-state index in [1.807, 2.05) is 32.0 Å². The molecule has 0 bridgehead atoms. The molecule has 1 rings (SSSR count). The maximum Gasteiger partial charge on any atom is 0.233 e. The van der Waals surface area contributed by atoms with Crippen LogP contribution in [-0.4, -0.2) is 31.9 Å². The molecule has 0 fully saturated rings. The first kappa shape index (κ1) is 15.7. The zero-order valence-corrected chi connectivity index (χ0v) is 12.7. The highest BCUT2D eigenvalue weighted by molar-refractivity contribution is 8.00. The number of carbonyl (C=O) groups is 1. The Balaban J connectivity index is 2.68. The van der Waals surface area contributed by atoms with Gasteiger partial charge in [0.25, 0.3) is 0 Å². The number of amides is 1. The van der Waals surface area contributed by atoms with Gasteiger partial charge in [-0.05, 0) is 31.5 Å². The van der Waals surface area contributed by atoms with Crippen molar-refractivity contribution in [3.8, 4) is 11.5 Å². The molecule has 0 unspecified atom stereocenters. The molecule has 1 aromatic carbocycles. The van der Waals surface area contributed by atoms with Crippen LogP contribution in [0.5, 0.6) is 11.5 Å². The molecule has 0 aromatic heterocycles. The molecule has 1 atom stereocenters. The molecule has 0 aliphatic rings. The van der Waals surface area contributed by atoms with Gasteiger partial charge in [0.15, 0.2) is 11.5 Å².